The van der Waals surface area contributed by atoms with E-state index >= 15 is 0 Å². The zero-order valence-corrected chi connectivity index (χ0v) is 18.2. The Morgan fingerprint density at radius 3 is 2.20 bits per heavy atom. The van der Waals surface area contributed by atoms with Gasteiger partial charge in [0.25, 0.3) is 0 Å². The number of halogens is 2. The van der Waals surface area contributed by atoms with Gasteiger partial charge in [-0.3, -0.25) is 9.10 Å². The monoisotopic (exact) mass is 464 g/mol. The van der Waals surface area contributed by atoms with Crippen molar-refractivity contribution >= 4 is 50.5 Å². The topological polar surface area (TPSA) is 75.7 Å². The zero-order chi connectivity index (χ0) is 21.7. The van der Waals surface area contributed by atoms with Gasteiger partial charge in [0.1, 0.15) is 12.3 Å². The van der Waals surface area contributed by atoms with Gasteiger partial charge in [-0.2, -0.15) is 0 Å². The lowest BCUT2D eigenvalue weighted by Crippen LogP contribution is -2.37. The minimum absolute atomic E-state index is 0.239. The van der Waals surface area contributed by atoms with E-state index in [9.17, 15) is 13.2 Å². The van der Waals surface area contributed by atoms with Crippen LogP contribution in [0.15, 0.2) is 72.8 Å². The number of para-hydroxylation sites is 3. The summed E-state index contributed by atoms with van der Waals surface area (Å²) in [5.41, 5.74) is 0.600. The van der Waals surface area contributed by atoms with Crippen LogP contribution in [0.1, 0.15) is 0 Å². The van der Waals surface area contributed by atoms with Crippen molar-refractivity contribution in [2.45, 2.75) is 0 Å². The minimum Gasteiger partial charge on any atom is -0.455 e. The first kappa shape index (κ1) is 22.0. The number of benzene rings is 3. The normalized spacial score (nSPS) is 11.0. The lowest BCUT2D eigenvalue weighted by molar-refractivity contribution is -0.114. The fourth-order valence-corrected chi connectivity index (χ4v) is 4.09. The average molecular weight is 465 g/mol. The molecule has 1 N–H and O–H groups in total. The molecular formula is C21H18Cl2N2O4S. The third-order valence-electron chi connectivity index (χ3n) is 3.94. The second-order valence-electron chi connectivity index (χ2n) is 6.36. The Kier molecular flexibility index (Phi) is 6.87. The Bertz CT molecular complexity index is 1130. The van der Waals surface area contributed by atoms with Crippen LogP contribution in [-0.2, 0) is 14.8 Å². The van der Waals surface area contributed by atoms with Crippen LogP contribution in [0.4, 0.5) is 11.4 Å². The first-order chi connectivity index (χ1) is 14.2. The summed E-state index contributed by atoms with van der Waals surface area (Å²) in [4.78, 5) is 12.6. The highest BCUT2D eigenvalue weighted by atomic mass is 35.5. The highest BCUT2D eigenvalue weighted by Crippen LogP contribution is 2.33. The standard InChI is InChI=1S/C21H18Cl2N2O4S/c1-30(27,28)25(14-21(26)24-17-12-15(22)11-16(23)13-17)19-9-5-6-10-20(19)29-18-7-3-2-4-8-18/h2-13H,14H2,1H3,(H,24,26). The summed E-state index contributed by atoms with van der Waals surface area (Å²) in [7, 11) is -3.80. The molecule has 0 saturated carbocycles. The largest absolute Gasteiger partial charge is 0.455 e. The van der Waals surface area contributed by atoms with Gasteiger partial charge in [0, 0.05) is 15.7 Å². The van der Waals surface area contributed by atoms with Crippen LogP contribution in [0.25, 0.3) is 0 Å². The Labute approximate surface area is 185 Å². The van der Waals surface area contributed by atoms with Gasteiger partial charge in [0.05, 0.1) is 11.9 Å². The molecule has 0 unspecified atom stereocenters. The molecule has 156 valence electrons. The molecule has 0 aliphatic carbocycles. The molecule has 9 heteroatoms. The van der Waals surface area contributed by atoms with Crippen LogP contribution in [0.2, 0.25) is 10.0 Å². The van der Waals surface area contributed by atoms with Gasteiger partial charge in [0.15, 0.2) is 5.75 Å². The average Bonchev–Trinajstić information content (AvgIpc) is 2.66. The Morgan fingerprint density at radius 2 is 1.57 bits per heavy atom. The first-order valence-corrected chi connectivity index (χ1v) is 11.4. The summed E-state index contributed by atoms with van der Waals surface area (Å²) >= 11 is 11.9. The molecule has 0 bridgehead atoms. The van der Waals surface area contributed by atoms with E-state index in [2.05, 4.69) is 5.32 Å². The fraction of sp³-hybridized carbons (Fsp3) is 0.0952. The number of hydrogen-bond acceptors (Lipinski definition) is 4. The van der Waals surface area contributed by atoms with Crippen molar-refractivity contribution in [3.05, 3.63) is 82.8 Å². The maximum absolute atomic E-state index is 12.6. The molecule has 3 rings (SSSR count). The van der Waals surface area contributed by atoms with Crippen molar-refractivity contribution in [1.29, 1.82) is 0 Å². The lowest BCUT2D eigenvalue weighted by atomic mass is 10.2. The molecular weight excluding hydrogens is 447 g/mol. The Hall–Kier alpha value is -2.74. The third-order valence-corrected chi connectivity index (χ3v) is 5.50. The van der Waals surface area contributed by atoms with Gasteiger partial charge in [0.2, 0.25) is 15.9 Å². The Balaban J connectivity index is 1.87. The van der Waals surface area contributed by atoms with E-state index in [-0.39, 0.29) is 5.69 Å². The number of anilines is 2. The second-order valence-corrected chi connectivity index (χ2v) is 9.14. The highest BCUT2D eigenvalue weighted by Gasteiger charge is 2.24. The van der Waals surface area contributed by atoms with E-state index in [1.165, 1.54) is 18.2 Å². The molecule has 0 heterocycles. The van der Waals surface area contributed by atoms with Gasteiger partial charge in [-0.15, -0.1) is 0 Å². The van der Waals surface area contributed by atoms with Gasteiger partial charge < -0.3 is 10.1 Å². The molecule has 0 aliphatic rings. The summed E-state index contributed by atoms with van der Waals surface area (Å²) in [6.07, 6.45) is 1.02. The number of hydrogen-bond donors (Lipinski definition) is 1. The number of carbonyl (C=O) groups excluding carboxylic acids is 1. The van der Waals surface area contributed by atoms with Crippen molar-refractivity contribution < 1.29 is 17.9 Å². The van der Waals surface area contributed by atoms with Crippen LogP contribution in [0.3, 0.4) is 0 Å². The summed E-state index contributed by atoms with van der Waals surface area (Å²) in [6.45, 7) is -0.460. The van der Waals surface area contributed by atoms with E-state index in [4.69, 9.17) is 27.9 Å². The first-order valence-electron chi connectivity index (χ1n) is 8.78. The van der Waals surface area contributed by atoms with Crippen LogP contribution in [0.5, 0.6) is 11.5 Å². The summed E-state index contributed by atoms with van der Waals surface area (Å²) in [6, 6.07) is 20.1. The van der Waals surface area contributed by atoms with Gasteiger partial charge >= 0.3 is 0 Å². The van der Waals surface area contributed by atoms with Crippen molar-refractivity contribution in [3.8, 4) is 11.5 Å². The van der Waals surface area contributed by atoms with Crippen LogP contribution in [0, 0.1) is 0 Å². The number of ether oxygens (including phenoxy) is 1. The van der Waals surface area contributed by atoms with Crippen molar-refractivity contribution in [2.75, 3.05) is 22.4 Å². The molecule has 0 aromatic heterocycles. The van der Waals surface area contributed by atoms with E-state index in [1.54, 1.807) is 48.5 Å². The zero-order valence-electron chi connectivity index (χ0n) is 15.9. The molecule has 6 nitrogen and oxygen atoms in total. The van der Waals surface area contributed by atoms with Gasteiger partial charge in [-0.1, -0.05) is 53.5 Å². The van der Waals surface area contributed by atoms with Gasteiger partial charge in [-0.25, -0.2) is 8.42 Å². The molecule has 1 amide bonds. The molecule has 3 aromatic rings. The number of carbonyl (C=O) groups is 1. The molecule has 0 saturated heterocycles. The molecule has 0 atom stereocenters. The third kappa shape index (κ3) is 5.89. The maximum atomic E-state index is 12.6. The lowest BCUT2D eigenvalue weighted by Gasteiger charge is -2.24. The summed E-state index contributed by atoms with van der Waals surface area (Å²) < 4.78 is 31.8. The minimum atomic E-state index is -3.80. The van der Waals surface area contributed by atoms with E-state index < -0.39 is 22.5 Å². The molecule has 0 aliphatic heterocycles. The van der Waals surface area contributed by atoms with Crippen LogP contribution >= 0.6 is 23.2 Å². The summed E-state index contributed by atoms with van der Waals surface area (Å²) in [5, 5.41) is 3.30. The van der Waals surface area contributed by atoms with Gasteiger partial charge in [-0.05, 0) is 42.5 Å². The molecule has 30 heavy (non-hydrogen) atoms. The van der Waals surface area contributed by atoms with Crippen LogP contribution in [-0.4, -0.2) is 27.1 Å². The highest BCUT2D eigenvalue weighted by molar-refractivity contribution is 7.92. The number of nitrogens with one attached hydrogen (secondary N) is 1. The summed E-state index contributed by atoms with van der Waals surface area (Å²) in [5.74, 6) is 0.275. The van der Waals surface area contributed by atoms with Crippen molar-refractivity contribution in [3.63, 3.8) is 0 Å². The maximum Gasteiger partial charge on any atom is 0.245 e. The van der Waals surface area contributed by atoms with E-state index in [1.807, 2.05) is 6.07 Å². The molecule has 0 fully saturated rings. The number of rotatable bonds is 7. The second kappa shape index (κ2) is 9.38. The van der Waals surface area contributed by atoms with Crippen molar-refractivity contribution in [2.24, 2.45) is 0 Å². The fourth-order valence-electron chi connectivity index (χ4n) is 2.70. The molecule has 3 aromatic carbocycles. The Morgan fingerprint density at radius 1 is 0.967 bits per heavy atom. The van der Waals surface area contributed by atoms with E-state index in [0.717, 1.165) is 10.6 Å². The number of nitrogens with zero attached hydrogens (tertiary/aromatic N) is 1. The number of sulfonamides is 1. The number of amides is 1. The molecule has 0 radical (unpaired) electrons. The SMILES string of the molecule is CS(=O)(=O)N(CC(=O)Nc1cc(Cl)cc(Cl)c1)c1ccccc1Oc1ccccc1. The quantitative estimate of drug-likeness (QED) is 0.521. The van der Waals surface area contributed by atoms with Crippen LogP contribution < -0.4 is 14.4 Å². The smallest absolute Gasteiger partial charge is 0.245 e. The van der Waals surface area contributed by atoms with Crippen molar-refractivity contribution in [1.82, 2.24) is 0 Å². The predicted octanol–water partition coefficient (Wildman–Crippen LogP) is 5.19. The predicted molar refractivity (Wildman–Crippen MR) is 120 cm³/mol. The van der Waals surface area contributed by atoms with E-state index in [0.29, 0.717) is 27.2 Å². The molecule has 0 spiro atoms.